The van der Waals surface area contributed by atoms with E-state index in [1.807, 2.05) is 25.7 Å². The minimum absolute atomic E-state index is 0.156. The fourth-order valence-corrected chi connectivity index (χ4v) is 3.86. The van der Waals surface area contributed by atoms with Crippen molar-refractivity contribution in [3.63, 3.8) is 0 Å². The second-order valence-corrected chi connectivity index (χ2v) is 9.05. The van der Waals surface area contributed by atoms with Crippen molar-refractivity contribution in [1.29, 1.82) is 0 Å². The highest BCUT2D eigenvalue weighted by Gasteiger charge is 2.34. The molecule has 0 aromatic carbocycles. The first kappa shape index (κ1) is 18.6. The third-order valence-electron chi connectivity index (χ3n) is 5.32. The van der Waals surface area contributed by atoms with Crippen LogP contribution in [0.25, 0.3) is 0 Å². The van der Waals surface area contributed by atoms with Crippen molar-refractivity contribution in [2.75, 3.05) is 13.1 Å². The van der Waals surface area contributed by atoms with Gasteiger partial charge in [0.2, 0.25) is 0 Å². The Morgan fingerprint density at radius 2 is 1.83 bits per heavy atom. The Bertz CT molecular complexity index is 401. The molecule has 0 radical (unpaired) electrons. The Labute approximate surface area is 142 Å². The highest BCUT2D eigenvalue weighted by atomic mass is 16.6. The standard InChI is InChI=1S/C19H36N2O2/c1-18(2,3)23-17(22)21-13-8-9-15(11-14-21)20-16-10-6-7-12-19(16,4)5/h15-16,20H,6-14H2,1-5H3. The lowest BCUT2D eigenvalue weighted by atomic mass is 9.73. The van der Waals surface area contributed by atoms with Gasteiger partial charge in [-0.15, -0.1) is 0 Å². The van der Waals surface area contributed by atoms with Crippen molar-refractivity contribution in [3.05, 3.63) is 0 Å². The molecule has 23 heavy (non-hydrogen) atoms. The van der Waals surface area contributed by atoms with E-state index in [0.717, 1.165) is 32.4 Å². The van der Waals surface area contributed by atoms with Crippen molar-refractivity contribution in [1.82, 2.24) is 10.2 Å². The van der Waals surface area contributed by atoms with Gasteiger partial charge in [-0.3, -0.25) is 0 Å². The number of carbonyl (C=O) groups is 1. The summed E-state index contributed by atoms with van der Waals surface area (Å²) in [5, 5.41) is 3.92. The molecule has 1 saturated carbocycles. The van der Waals surface area contributed by atoms with E-state index in [-0.39, 0.29) is 6.09 Å². The number of hydrogen-bond acceptors (Lipinski definition) is 3. The molecule has 2 atom stereocenters. The molecule has 0 aromatic rings. The summed E-state index contributed by atoms with van der Waals surface area (Å²) >= 11 is 0. The minimum Gasteiger partial charge on any atom is -0.444 e. The molecule has 2 rings (SSSR count). The molecule has 134 valence electrons. The zero-order valence-electron chi connectivity index (χ0n) is 15.8. The lowest BCUT2D eigenvalue weighted by Crippen LogP contribution is -2.48. The summed E-state index contributed by atoms with van der Waals surface area (Å²) in [6, 6.07) is 1.15. The summed E-state index contributed by atoms with van der Waals surface area (Å²) in [7, 11) is 0. The van der Waals surface area contributed by atoms with Gasteiger partial charge in [-0.2, -0.15) is 0 Å². The van der Waals surface area contributed by atoms with E-state index in [0.29, 0.717) is 17.5 Å². The van der Waals surface area contributed by atoms with Crippen LogP contribution in [-0.4, -0.2) is 41.8 Å². The van der Waals surface area contributed by atoms with E-state index < -0.39 is 5.60 Å². The molecule has 4 heteroatoms. The molecular weight excluding hydrogens is 288 g/mol. The van der Waals surface area contributed by atoms with Crippen LogP contribution in [0.2, 0.25) is 0 Å². The van der Waals surface area contributed by atoms with E-state index in [2.05, 4.69) is 19.2 Å². The van der Waals surface area contributed by atoms with Crippen molar-refractivity contribution in [2.24, 2.45) is 5.41 Å². The van der Waals surface area contributed by atoms with Gasteiger partial charge in [0.05, 0.1) is 0 Å². The molecule has 1 heterocycles. The van der Waals surface area contributed by atoms with Crippen LogP contribution in [0, 0.1) is 5.41 Å². The molecule has 0 bridgehead atoms. The van der Waals surface area contributed by atoms with Crippen molar-refractivity contribution in [2.45, 2.75) is 97.2 Å². The molecule has 1 aliphatic carbocycles. The summed E-state index contributed by atoms with van der Waals surface area (Å²) in [5.74, 6) is 0. The smallest absolute Gasteiger partial charge is 0.410 e. The van der Waals surface area contributed by atoms with Crippen molar-refractivity contribution in [3.8, 4) is 0 Å². The first-order valence-corrected chi connectivity index (χ1v) is 9.41. The lowest BCUT2D eigenvalue weighted by molar-refractivity contribution is 0.0255. The van der Waals surface area contributed by atoms with Crippen LogP contribution in [0.15, 0.2) is 0 Å². The zero-order chi connectivity index (χ0) is 17.1. The Morgan fingerprint density at radius 1 is 1.09 bits per heavy atom. The van der Waals surface area contributed by atoms with Gasteiger partial charge in [0.25, 0.3) is 0 Å². The number of hydrogen-bond donors (Lipinski definition) is 1. The van der Waals surface area contributed by atoms with E-state index in [1.165, 1.54) is 25.7 Å². The molecule has 1 N–H and O–H groups in total. The van der Waals surface area contributed by atoms with Crippen molar-refractivity contribution < 1.29 is 9.53 Å². The first-order chi connectivity index (χ1) is 10.7. The average Bonchev–Trinajstić information content (AvgIpc) is 2.65. The maximum Gasteiger partial charge on any atom is 0.410 e. The Balaban J connectivity index is 1.85. The zero-order valence-corrected chi connectivity index (χ0v) is 15.8. The van der Waals surface area contributed by atoms with Crippen LogP contribution in [0.1, 0.15) is 79.6 Å². The van der Waals surface area contributed by atoms with Gasteiger partial charge in [-0.05, 0) is 58.3 Å². The summed E-state index contributed by atoms with van der Waals surface area (Å²) < 4.78 is 5.52. The number of ether oxygens (including phenoxy) is 1. The minimum atomic E-state index is -0.410. The largest absolute Gasteiger partial charge is 0.444 e. The van der Waals surface area contributed by atoms with Gasteiger partial charge in [0.1, 0.15) is 5.60 Å². The molecule has 2 unspecified atom stereocenters. The number of nitrogens with zero attached hydrogens (tertiary/aromatic N) is 1. The van der Waals surface area contributed by atoms with E-state index in [9.17, 15) is 4.79 Å². The van der Waals surface area contributed by atoms with Crippen LogP contribution in [-0.2, 0) is 4.74 Å². The van der Waals surface area contributed by atoms with E-state index >= 15 is 0 Å². The van der Waals surface area contributed by atoms with E-state index in [4.69, 9.17) is 4.74 Å². The number of rotatable bonds is 2. The molecule has 0 aromatic heterocycles. The SMILES string of the molecule is CC(C)(C)OC(=O)N1CCCC(NC2CCCCC2(C)C)CC1. The Hall–Kier alpha value is -0.770. The molecule has 0 spiro atoms. The van der Waals surface area contributed by atoms with E-state index in [1.54, 1.807) is 0 Å². The van der Waals surface area contributed by atoms with Crippen LogP contribution in [0.5, 0.6) is 0 Å². The second kappa shape index (κ2) is 7.42. The monoisotopic (exact) mass is 324 g/mol. The Kier molecular flexibility index (Phi) is 5.99. The molecule has 1 amide bonds. The predicted octanol–water partition coefficient (Wildman–Crippen LogP) is 4.33. The van der Waals surface area contributed by atoms with Crippen LogP contribution >= 0.6 is 0 Å². The first-order valence-electron chi connectivity index (χ1n) is 9.41. The van der Waals surface area contributed by atoms with Gasteiger partial charge in [0.15, 0.2) is 0 Å². The van der Waals surface area contributed by atoms with Crippen LogP contribution in [0.3, 0.4) is 0 Å². The fourth-order valence-electron chi connectivity index (χ4n) is 3.86. The topological polar surface area (TPSA) is 41.6 Å². The molecule has 4 nitrogen and oxygen atoms in total. The molecule has 2 fully saturated rings. The van der Waals surface area contributed by atoms with Gasteiger partial charge >= 0.3 is 6.09 Å². The van der Waals surface area contributed by atoms with Crippen LogP contribution in [0.4, 0.5) is 4.79 Å². The summed E-state index contributed by atoms with van der Waals surface area (Å²) in [6.45, 7) is 12.2. The predicted molar refractivity (Wildman–Crippen MR) is 94.6 cm³/mol. The average molecular weight is 325 g/mol. The summed E-state index contributed by atoms with van der Waals surface area (Å²) in [5.41, 5.74) is -0.0113. The third kappa shape index (κ3) is 5.66. The number of amides is 1. The number of nitrogens with one attached hydrogen (secondary N) is 1. The summed E-state index contributed by atoms with van der Waals surface area (Å²) in [6.07, 6.45) is 8.42. The fraction of sp³-hybridized carbons (Fsp3) is 0.947. The maximum absolute atomic E-state index is 12.2. The maximum atomic E-state index is 12.2. The van der Waals surface area contributed by atoms with Gasteiger partial charge in [0, 0.05) is 25.2 Å². The quantitative estimate of drug-likeness (QED) is 0.822. The van der Waals surface area contributed by atoms with Gasteiger partial charge in [-0.25, -0.2) is 4.79 Å². The molecular formula is C19H36N2O2. The highest BCUT2D eigenvalue weighted by molar-refractivity contribution is 5.68. The third-order valence-corrected chi connectivity index (χ3v) is 5.32. The van der Waals surface area contributed by atoms with Gasteiger partial charge in [-0.1, -0.05) is 26.7 Å². The second-order valence-electron chi connectivity index (χ2n) is 9.05. The Morgan fingerprint density at radius 3 is 2.48 bits per heavy atom. The highest BCUT2D eigenvalue weighted by Crippen LogP contribution is 2.36. The van der Waals surface area contributed by atoms with Crippen LogP contribution < -0.4 is 5.32 Å². The molecule has 1 aliphatic heterocycles. The van der Waals surface area contributed by atoms with Gasteiger partial charge < -0.3 is 15.0 Å². The van der Waals surface area contributed by atoms with Crippen molar-refractivity contribution >= 4 is 6.09 Å². The molecule has 1 saturated heterocycles. The normalized spacial score (nSPS) is 29.0. The number of carbonyl (C=O) groups excluding carboxylic acids is 1. The summed E-state index contributed by atoms with van der Waals surface area (Å²) in [4.78, 5) is 14.1. The molecule has 2 aliphatic rings. The number of likely N-dealkylation sites (tertiary alicyclic amines) is 1. The lowest BCUT2D eigenvalue weighted by Gasteiger charge is -2.41.